The van der Waals surface area contributed by atoms with E-state index in [1.54, 1.807) is 6.07 Å². The topological polar surface area (TPSA) is 96.6 Å². The number of aryl methyl sites for hydroxylation is 2. The predicted molar refractivity (Wildman–Crippen MR) is 161 cm³/mol. The lowest BCUT2D eigenvalue weighted by atomic mass is 9.64. The van der Waals surface area contributed by atoms with Gasteiger partial charge in [0.05, 0.1) is 4.90 Å². The van der Waals surface area contributed by atoms with Gasteiger partial charge in [-0.25, -0.2) is 13.2 Å². The Labute approximate surface area is 241 Å². The Bertz CT molecular complexity index is 1720. The summed E-state index contributed by atoms with van der Waals surface area (Å²) < 4.78 is 35.8. The Balaban J connectivity index is 1.30. The maximum atomic E-state index is 13.8. The van der Waals surface area contributed by atoms with E-state index in [0.29, 0.717) is 17.2 Å². The van der Waals surface area contributed by atoms with Crippen LogP contribution < -0.4 is 10.3 Å². The van der Waals surface area contributed by atoms with Gasteiger partial charge in [0.1, 0.15) is 5.76 Å². The van der Waals surface area contributed by atoms with Gasteiger partial charge in [0.15, 0.2) is 11.4 Å². The molecule has 0 spiro atoms. The van der Waals surface area contributed by atoms with Crippen molar-refractivity contribution in [1.82, 2.24) is 0 Å². The van der Waals surface area contributed by atoms with Gasteiger partial charge in [-0.3, -0.25) is 4.72 Å². The molecule has 0 aliphatic heterocycles. The van der Waals surface area contributed by atoms with Crippen LogP contribution in [0.4, 0.5) is 5.69 Å². The Kier molecular flexibility index (Phi) is 7.24. The number of hydrogen-bond donors (Lipinski definition) is 2. The van der Waals surface area contributed by atoms with Gasteiger partial charge >= 0.3 is 5.63 Å². The van der Waals surface area contributed by atoms with E-state index >= 15 is 0 Å². The number of anilines is 1. The Morgan fingerprint density at radius 3 is 2.27 bits per heavy atom. The Morgan fingerprint density at radius 1 is 0.976 bits per heavy atom. The summed E-state index contributed by atoms with van der Waals surface area (Å²) in [6.45, 7) is 2.00. The van der Waals surface area contributed by atoms with Crippen molar-refractivity contribution in [1.29, 1.82) is 0 Å². The Morgan fingerprint density at radius 2 is 1.66 bits per heavy atom. The van der Waals surface area contributed by atoms with Crippen molar-refractivity contribution in [2.45, 2.75) is 74.5 Å². The maximum Gasteiger partial charge on any atom is 0.364 e. The van der Waals surface area contributed by atoms with Crippen LogP contribution in [-0.2, 0) is 21.9 Å². The highest BCUT2D eigenvalue weighted by Gasteiger charge is 2.41. The predicted octanol–water partition coefficient (Wildman–Crippen LogP) is 7.44. The van der Waals surface area contributed by atoms with E-state index in [9.17, 15) is 18.3 Å². The van der Waals surface area contributed by atoms with Gasteiger partial charge in [-0.05, 0) is 86.1 Å². The fourth-order valence-electron chi connectivity index (χ4n) is 6.25. The second kappa shape index (κ2) is 10.9. The minimum Gasteiger partial charge on any atom is -0.505 e. The third-order valence-corrected chi connectivity index (χ3v) is 10.1. The van der Waals surface area contributed by atoms with E-state index in [1.165, 1.54) is 11.6 Å². The normalized spacial score (nSPS) is 16.2. The summed E-state index contributed by atoms with van der Waals surface area (Å²) in [5.41, 5.74) is 3.10. The summed E-state index contributed by atoms with van der Waals surface area (Å²) in [5, 5.41) is 11.0. The van der Waals surface area contributed by atoms with E-state index in [2.05, 4.69) is 16.9 Å². The van der Waals surface area contributed by atoms with Gasteiger partial charge in [0, 0.05) is 17.0 Å². The van der Waals surface area contributed by atoms with Gasteiger partial charge < -0.3 is 9.52 Å². The fraction of sp³-hybridized carbons (Fsp3) is 0.324. The van der Waals surface area contributed by atoms with E-state index in [1.807, 2.05) is 61.5 Å². The molecule has 6 rings (SSSR count). The maximum absolute atomic E-state index is 13.8. The molecule has 1 aromatic heterocycles. The molecule has 6 nitrogen and oxygen atoms in total. The van der Waals surface area contributed by atoms with Crippen molar-refractivity contribution in [3.05, 3.63) is 112 Å². The van der Waals surface area contributed by atoms with Gasteiger partial charge in [0.25, 0.3) is 10.0 Å². The molecule has 0 amide bonds. The summed E-state index contributed by atoms with van der Waals surface area (Å²) in [5.74, 6) is 0.321. The summed E-state index contributed by atoms with van der Waals surface area (Å²) in [4.78, 5) is 13.3. The average molecular weight is 570 g/mol. The largest absolute Gasteiger partial charge is 0.505 e. The smallest absolute Gasteiger partial charge is 0.364 e. The zero-order valence-electron chi connectivity index (χ0n) is 23.2. The van der Waals surface area contributed by atoms with Crippen molar-refractivity contribution in [2.75, 3.05) is 4.72 Å². The van der Waals surface area contributed by atoms with Crippen LogP contribution in [-0.4, -0.2) is 13.5 Å². The summed E-state index contributed by atoms with van der Waals surface area (Å²) in [7, 11) is -4.24. The van der Waals surface area contributed by atoms with Crippen LogP contribution in [0.5, 0.6) is 5.75 Å². The first-order chi connectivity index (χ1) is 19.8. The molecule has 2 saturated carbocycles. The van der Waals surface area contributed by atoms with E-state index in [4.69, 9.17) is 4.42 Å². The number of nitrogens with one attached hydrogen (secondary N) is 1. The monoisotopic (exact) mass is 569 g/mol. The number of hydrogen-bond acceptors (Lipinski definition) is 5. The van der Waals surface area contributed by atoms with Crippen molar-refractivity contribution in [3.63, 3.8) is 0 Å². The van der Waals surface area contributed by atoms with Gasteiger partial charge in [-0.1, -0.05) is 73.2 Å². The first kappa shape index (κ1) is 27.3. The number of rotatable bonds is 10. The lowest BCUT2D eigenvalue weighted by Crippen LogP contribution is -2.35. The van der Waals surface area contributed by atoms with Gasteiger partial charge in [-0.2, -0.15) is 0 Å². The summed E-state index contributed by atoms with van der Waals surface area (Å²) in [6, 6.07) is 24.5. The minimum absolute atomic E-state index is 0.0791. The van der Waals surface area contributed by atoms with Crippen LogP contribution in [0, 0.1) is 6.92 Å². The fourth-order valence-corrected chi connectivity index (χ4v) is 7.56. The van der Waals surface area contributed by atoms with E-state index in [-0.39, 0.29) is 10.3 Å². The van der Waals surface area contributed by atoms with Crippen LogP contribution in [0.2, 0.25) is 0 Å². The van der Waals surface area contributed by atoms with Crippen LogP contribution >= 0.6 is 0 Å². The van der Waals surface area contributed by atoms with Crippen molar-refractivity contribution >= 4 is 15.7 Å². The number of benzene rings is 3. The molecule has 0 atom stereocenters. The molecule has 2 N–H and O–H groups in total. The molecule has 0 radical (unpaired) electrons. The molecule has 0 unspecified atom stereocenters. The molecule has 41 heavy (non-hydrogen) atoms. The average Bonchev–Trinajstić information content (AvgIpc) is 3.78. The zero-order chi connectivity index (χ0) is 28.6. The molecule has 2 aliphatic rings. The molecule has 2 aliphatic carbocycles. The second-order valence-electron chi connectivity index (χ2n) is 11.5. The lowest BCUT2D eigenvalue weighted by molar-refractivity contribution is 0.173. The molecular weight excluding hydrogens is 534 g/mol. The number of sulfonamides is 1. The molecule has 212 valence electrons. The molecule has 2 fully saturated rings. The third-order valence-electron chi connectivity index (χ3n) is 8.73. The van der Waals surface area contributed by atoms with Crippen LogP contribution in [0.3, 0.4) is 0 Å². The van der Waals surface area contributed by atoms with Gasteiger partial charge in [-0.15, -0.1) is 0 Å². The van der Waals surface area contributed by atoms with Gasteiger partial charge in [0.2, 0.25) is 0 Å². The second-order valence-corrected chi connectivity index (χ2v) is 13.2. The quantitative estimate of drug-likeness (QED) is 0.207. The SMILES string of the molecule is Cc1ccc(S(=O)(=O)Nc2c(O)cc(C3(CCCc4ccccc4)CCC3)oc2=O)c(-c2ccccc2)c1C1CC1. The van der Waals surface area contributed by atoms with E-state index in [0.717, 1.165) is 68.1 Å². The molecule has 3 aromatic carbocycles. The first-order valence-electron chi connectivity index (χ1n) is 14.4. The molecule has 1 heterocycles. The van der Waals surface area contributed by atoms with Crippen LogP contribution in [0.15, 0.2) is 93.0 Å². The van der Waals surface area contributed by atoms with Crippen molar-refractivity contribution in [3.8, 4) is 16.9 Å². The minimum atomic E-state index is -4.24. The first-order valence-corrected chi connectivity index (χ1v) is 15.9. The highest BCUT2D eigenvalue weighted by atomic mass is 32.2. The summed E-state index contributed by atoms with van der Waals surface area (Å²) >= 11 is 0. The van der Waals surface area contributed by atoms with Crippen molar-refractivity contribution < 1.29 is 17.9 Å². The lowest BCUT2D eigenvalue weighted by Gasteiger charge is -2.41. The van der Waals surface area contributed by atoms with Crippen LogP contribution in [0.25, 0.3) is 11.1 Å². The third kappa shape index (κ3) is 5.43. The zero-order valence-corrected chi connectivity index (χ0v) is 24.0. The van der Waals surface area contributed by atoms with Crippen molar-refractivity contribution in [2.24, 2.45) is 0 Å². The van der Waals surface area contributed by atoms with E-state index < -0.39 is 27.1 Å². The van der Waals surface area contributed by atoms with Crippen LogP contribution in [0.1, 0.15) is 73.3 Å². The molecular formula is C34H35NO5S. The highest BCUT2D eigenvalue weighted by Crippen LogP contribution is 2.49. The standard InChI is InChI=1S/C34H35NO5S/c1-23-15-18-28(31(30(23)26-16-17-26)25-13-6-3-7-14-25)41(38,39)35-32-27(36)22-29(40-33(32)37)34(20-9-21-34)19-8-12-24-10-4-2-5-11-24/h2-7,10-11,13-15,18,22,26,35-36H,8-9,12,16-17,19-21H2,1H3. The highest BCUT2D eigenvalue weighted by molar-refractivity contribution is 7.92. The molecule has 7 heteroatoms. The molecule has 0 saturated heterocycles. The molecule has 4 aromatic rings. The summed E-state index contributed by atoms with van der Waals surface area (Å²) in [6.07, 6.45) is 7.42. The molecule has 0 bridgehead atoms. The number of aromatic hydroxyl groups is 1. The Hall–Kier alpha value is -3.84.